The molecule has 2 aromatic carbocycles. The van der Waals surface area contributed by atoms with Crippen molar-refractivity contribution < 1.29 is 18.7 Å². The quantitative estimate of drug-likeness (QED) is 0.817. The van der Waals surface area contributed by atoms with Crippen molar-refractivity contribution in [1.29, 1.82) is 0 Å². The maximum Gasteiger partial charge on any atom is 0.227 e. The number of nitrogens with zero attached hydrogens (tertiary/aromatic N) is 2. The topological polar surface area (TPSA) is 49.9 Å². The van der Waals surface area contributed by atoms with Crippen LogP contribution in [0.3, 0.4) is 0 Å². The highest BCUT2D eigenvalue weighted by atomic mass is 19.1. The predicted molar refractivity (Wildman–Crippen MR) is 103 cm³/mol. The standard InChI is InChI=1S/C22H23FN2O3/c1-24(14-20-19-8-3-2-5-15(19)9-10-28-20)22(27)16-11-21(26)25(13-16)18-7-4-6-17(23)12-18/h2-8,12,16,20H,9-11,13-14H2,1H3/t16-,20-/m0/s1. The van der Waals surface area contributed by atoms with Crippen LogP contribution in [0.2, 0.25) is 0 Å². The third-order valence-electron chi connectivity index (χ3n) is 5.50. The number of hydrogen-bond acceptors (Lipinski definition) is 3. The zero-order valence-electron chi connectivity index (χ0n) is 15.8. The molecule has 1 saturated heterocycles. The Kier molecular flexibility index (Phi) is 5.13. The summed E-state index contributed by atoms with van der Waals surface area (Å²) in [7, 11) is 1.75. The summed E-state index contributed by atoms with van der Waals surface area (Å²) in [6.45, 7) is 1.35. The molecule has 0 radical (unpaired) electrons. The van der Waals surface area contributed by atoms with Gasteiger partial charge in [0.2, 0.25) is 11.8 Å². The third-order valence-corrected chi connectivity index (χ3v) is 5.50. The highest BCUT2D eigenvalue weighted by Crippen LogP contribution is 2.30. The van der Waals surface area contributed by atoms with Crippen LogP contribution in [0.25, 0.3) is 0 Å². The second-order valence-corrected chi connectivity index (χ2v) is 7.41. The van der Waals surface area contributed by atoms with Gasteiger partial charge in [-0.1, -0.05) is 30.3 Å². The molecule has 2 aromatic rings. The highest BCUT2D eigenvalue weighted by Gasteiger charge is 2.37. The minimum absolute atomic E-state index is 0.0843. The van der Waals surface area contributed by atoms with Crippen LogP contribution in [-0.2, 0) is 20.7 Å². The van der Waals surface area contributed by atoms with E-state index in [0.29, 0.717) is 18.8 Å². The van der Waals surface area contributed by atoms with Gasteiger partial charge in [0.25, 0.3) is 0 Å². The fourth-order valence-electron chi connectivity index (χ4n) is 4.04. The minimum Gasteiger partial charge on any atom is -0.371 e. The Morgan fingerprint density at radius 3 is 2.89 bits per heavy atom. The first-order chi connectivity index (χ1) is 13.5. The number of ether oxygens (including phenoxy) is 1. The second kappa shape index (κ2) is 7.72. The van der Waals surface area contributed by atoms with Crippen molar-refractivity contribution in [1.82, 2.24) is 4.90 Å². The number of rotatable bonds is 4. The number of halogens is 1. The van der Waals surface area contributed by atoms with Gasteiger partial charge in [0.1, 0.15) is 11.9 Å². The Morgan fingerprint density at radius 2 is 2.07 bits per heavy atom. The molecule has 5 nitrogen and oxygen atoms in total. The van der Waals surface area contributed by atoms with Crippen molar-refractivity contribution in [3.63, 3.8) is 0 Å². The molecule has 146 valence electrons. The van der Waals surface area contributed by atoms with Crippen molar-refractivity contribution in [2.75, 3.05) is 31.6 Å². The number of amides is 2. The van der Waals surface area contributed by atoms with Gasteiger partial charge in [-0.15, -0.1) is 0 Å². The Labute approximate surface area is 163 Å². The van der Waals surface area contributed by atoms with E-state index in [4.69, 9.17) is 4.74 Å². The average Bonchev–Trinajstić information content (AvgIpc) is 3.09. The van der Waals surface area contributed by atoms with Gasteiger partial charge in [0, 0.05) is 25.7 Å². The van der Waals surface area contributed by atoms with E-state index in [-0.39, 0.29) is 30.9 Å². The average molecular weight is 382 g/mol. The smallest absolute Gasteiger partial charge is 0.227 e. The molecule has 2 atom stereocenters. The van der Waals surface area contributed by atoms with E-state index in [1.807, 2.05) is 18.2 Å². The molecule has 0 bridgehead atoms. The SMILES string of the molecule is CN(C[C@@H]1OCCc2ccccc21)C(=O)[C@H]1CC(=O)N(c2cccc(F)c2)C1. The lowest BCUT2D eigenvalue weighted by atomic mass is 9.97. The van der Waals surface area contributed by atoms with E-state index in [1.54, 1.807) is 24.1 Å². The lowest BCUT2D eigenvalue weighted by Crippen LogP contribution is -2.38. The summed E-state index contributed by atoms with van der Waals surface area (Å²) < 4.78 is 19.4. The Morgan fingerprint density at radius 1 is 1.25 bits per heavy atom. The van der Waals surface area contributed by atoms with Crippen LogP contribution in [0.15, 0.2) is 48.5 Å². The monoisotopic (exact) mass is 382 g/mol. The molecule has 28 heavy (non-hydrogen) atoms. The van der Waals surface area contributed by atoms with Gasteiger partial charge >= 0.3 is 0 Å². The molecule has 2 heterocycles. The summed E-state index contributed by atoms with van der Waals surface area (Å²) in [5, 5.41) is 0. The number of likely N-dealkylation sites (N-methyl/N-ethyl adjacent to an activating group) is 1. The van der Waals surface area contributed by atoms with Crippen LogP contribution in [0.1, 0.15) is 23.7 Å². The van der Waals surface area contributed by atoms with Gasteiger partial charge < -0.3 is 14.5 Å². The van der Waals surface area contributed by atoms with Crippen LogP contribution in [0.5, 0.6) is 0 Å². The number of hydrogen-bond donors (Lipinski definition) is 0. The van der Waals surface area contributed by atoms with Crippen LogP contribution in [-0.4, -0.2) is 43.5 Å². The molecule has 6 heteroatoms. The molecule has 0 unspecified atom stereocenters. The highest BCUT2D eigenvalue weighted by molar-refractivity contribution is 6.00. The molecule has 0 saturated carbocycles. The maximum absolute atomic E-state index is 13.5. The normalized spacial score (nSPS) is 21.5. The van der Waals surface area contributed by atoms with Gasteiger partial charge in [-0.2, -0.15) is 0 Å². The molecule has 0 N–H and O–H groups in total. The Hall–Kier alpha value is -2.73. The molecule has 0 spiro atoms. The van der Waals surface area contributed by atoms with E-state index >= 15 is 0 Å². The number of carbonyl (C=O) groups is 2. The number of benzene rings is 2. The Bertz CT molecular complexity index is 901. The van der Waals surface area contributed by atoms with E-state index in [9.17, 15) is 14.0 Å². The first-order valence-electron chi connectivity index (χ1n) is 9.53. The second-order valence-electron chi connectivity index (χ2n) is 7.41. The summed E-state index contributed by atoms with van der Waals surface area (Å²) in [5.41, 5.74) is 2.87. The maximum atomic E-state index is 13.5. The molecule has 0 aromatic heterocycles. The van der Waals surface area contributed by atoms with Crippen LogP contribution in [0, 0.1) is 11.7 Å². The lowest BCUT2D eigenvalue weighted by Gasteiger charge is -2.30. The molecule has 1 fully saturated rings. The largest absolute Gasteiger partial charge is 0.371 e. The van der Waals surface area contributed by atoms with Crippen molar-refractivity contribution >= 4 is 17.5 Å². The van der Waals surface area contributed by atoms with Crippen molar-refractivity contribution in [2.45, 2.75) is 18.9 Å². The molecule has 2 amide bonds. The molecule has 2 aliphatic heterocycles. The first kappa shape index (κ1) is 18.6. The number of fused-ring (bicyclic) bond motifs is 1. The Balaban J connectivity index is 1.43. The van der Waals surface area contributed by atoms with E-state index < -0.39 is 11.7 Å². The summed E-state index contributed by atoms with van der Waals surface area (Å²) in [4.78, 5) is 28.5. The molecular formula is C22H23FN2O3. The van der Waals surface area contributed by atoms with Crippen molar-refractivity contribution in [3.8, 4) is 0 Å². The van der Waals surface area contributed by atoms with Crippen molar-refractivity contribution in [3.05, 3.63) is 65.5 Å². The summed E-state index contributed by atoms with van der Waals surface area (Å²) in [6.07, 6.45) is 0.863. The molecule has 4 rings (SSSR count). The predicted octanol–water partition coefficient (Wildman–Crippen LogP) is 2.95. The van der Waals surface area contributed by atoms with Gasteiger partial charge in [0.05, 0.1) is 19.1 Å². The molecule has 0 aliphatic carbocycles. The fraction of sp³-hybridized carbons (Fsp3) is 0.364. The summed E-state index contributed by atoms with van der Waals surface area (Å²) in [6, 6.07) is 14.0. The van der Waals surface area contributed by atoms with E-state index in [0.717, 1.165) is 12.0 Å². The zero-order valence-corrected chi connectivity index (χ0v) is 15.8. The van der Waals surface area contributed by atoms with Crippen LogP contribution < -0.4 is 4.90 Å². The van der Waals surface area contributed by atoms with E-state index in [1.165, 1.54) is 22.6 Å². The van der Waals surface area contributed by atoms with Gasteiger partial charge in [0.15, 0.2) is 0 Å². The number of carbonyl (C=O) groups excluding carboxylic acids is 2. The van der Waals surface area contributed by atoms with Gasteiger partial charge in [-0.05, 0) is 35.7 Å². The summed E-state index contributed by atoms with van der Waals surface area (Å²) in [5.74, 6) is -1.07. The van der Waals surface area contributed by atoms with Crippen LogP contribution >= 0.6 is 0 Å². The summed E-state index contributed by atoms with van der Waals surface area (Å²) >= 11 is 0. The molecule has 2 aliphatic rings. The van der Waals surface area contributed by atoms with Crippen LogP contribution in [0.4, 0.5) is 10.1 Å². The van der Waals surface area contributed by atoms with Gasteiger partial charge in [-0.3, -0.25) is 9.59 Å². The zero-order chi connectivity index (χ0) is 19.7. The molecular weight excluding hydrogens is 359 g/mol. The van der Waals surface area contributed by atoms with Crippen molar-refractivity contribution in [2.24, 2.45) is 5.92 Å². The fourth-order valence-corrected chi connectivity index (χ4v) is 4.04. The first-order valence-corrected chi connectivity index (χ1v) is 9.53. The number of anilines is 1. The van der Waals surface area contributed by atoms with E-state index in [2.05, 4.69) is 6.07 Å². The third kappa shape index (κ3) is 3.64. The lowest BCUT2D eigenvalue weighted by molar-refractivity contribution is -0.136. The van der Waals surface area contributed by atoms with Gasteiger partial charge in [-0.25, -0.2) is 4.39 Å². The minimum atomic E-state index is -0.431.